The fourth-order valence-electron chi connectivity index (χ4n) is 1.94. The second-order valence-corrected chi connectivity index (χ2v) is 5.59. The van der Waals surface area contributed by atoms with Crippen molar-refractivity contribution in [3.05, 3.63) is 29.8 Å². The number of anilines is 1. The zero-order chi connectivity index (χ0) is 15.2. The van der Waals surface area contributed by atoms with Gasteiger partial charge in [-0.2, -0.15) is 0 Å². The summed E-state index contributed by atoms with van der Waals surface area (Å²) in [4.78, 5) is 11.9. The third kappa shape index (κ3) is 5.31. The molecule has 0 aliphatic carbocycles. The van der Waals surface area contributed by atoms with Crippen molar-refractivity contribution in [3.8, 4) is 0 Å². The first-order chi connectivity index (χ1) is 9.38. The van der Waals surface area contributed by atoms with Crippen molar-refractivity contribution in [3.63, 3.8) is 0 Å². The molecular formula is C16H26N2O2. The molecule has 4 nitrogen and oxygen atoms in total. The van der Waals surface area contributed by atoms with E-state index in [1.165, 1.54) is 5.56 Å². The number of hydrogen-bond donors (Lipinski definition) is 2. The Balaban J connectivity index is 2.59. The van der Waals surface area contributed by atoms with E-state index in [1.54, 1.807) is 7.11 Å². The molecule has 1 amide bonds. The number of hydrogen-bond acceptors (Lipinski definition) is 3. The summed E-state index contributed by atoms with van der Waals surface area (Å²) in [6.45, 7) is 8.94. The summed E-state index contributed by atoms with van der Waals surface area (Å²) in [5, 5.41) is 6.25. The van der Waals surface area contributed by atoms with Crippen LogP contribution in [0.15, 0.2) is 24.3 Å². The minimum absolute atomic E-state index is 0.0377. The Hall–Kier alpha value is -1.39. The predicted molar refractivity (Wildman–Crippen MR) is 82.9 cm³/mol. The SMILES string of the molecule is CCNC(C)c1ccc(NC(=O)CC(C)(C)OC)cc1. The van der Waals surface area contributed by atoms with Gasteiger partial charge >= 0.3 is 0 Å². The second kappa shape index (κ2) is 7.41. The number of rotatable bonds is 7. The van der Waals surface area contributed by atoms with E-state index in [4.69, 9.17) is 4.74 Å². The summed E-state index contributed by atoms with van der Waals surface area (Å²) in [5.41, 5.74) is 1.58. The fraction of sp³-hybridized carbons (Fsp3) is 0.562. The number of amides is 1. The normalized spacial score (nSPS) is 13.1. The van der Waals surface area contributed by atoms with Crippen molar-refractivity contribution in [2.24, 2.45) is 0 Å². The van der Waals surface area contributed by atoms with E-state index >= 15 is 0 Å². The lowest BCUT2D eigenvalue weighted by Crippen LogP contribution is -2.29. The summed E-state index contributed by atoms with van der Waals surface area (Å²) in [6.07, 6.45) is 0.332. The summed E-state index contributed by atoms with van der Waals surface area (Å²) in [5.74, 6) is -0.0377. The molecule has 0 fully saturated rings. The first-order valence-corrected chi connectivity index (χ1v) is 7.06. The van der Waals surface area contributed by atoms with Crippen LogP contribution in [0.5, 0.6) is 0 Å². The topological polar surface area (TPSA) is 50.4 Å². The molecule has 0 aliphatic heterocycles. The quantitative estimate of drug-likeness (QED) is 0.805. The van der Waals surface area contributed by atoms with Gasteiger partial charge in [-0.05, 0) is 45.0 Å². The Morgan fingerprint density at radius 1 is 1.30 bits per heavy atom. The average Bonchev–Trinajstić information content (AvgIpc) is 2.39. The second-order valence-electron chi connectivity index (χ2n) is 5.59. The molecule has 112 valence electrons. The zero-order valence-corrected chi connectivity index (χ0v) is 13.1. The van der Waals surface area contributed by atoms with Crippen LogP contribution in [-0.2, 0) is 9.53 Å². The van der Waals surface area contributed by atoms with Gasteiger partial charge in [-0.25, -0.2) is 0 Å². The molecule has 2 N–H and O–H groups in total. The van der Waals surface area contributed by atoms with Crippen LogP contribution in [0.3, 0.4) is 0 Å². The Morgan fingerprint density at radius 2 is 1.90 bits per heavy atom. The number of ether oxygens (including phenoxy) is 1. The molecule has 1 atom stereocenters. The standard InChI is InChI=1S/C16H26N2O2/c1-6-17-12(2)13-7-9-14(10-8-13)18-15(19)11-16(3,4)20-5/h7-10,12,17H,6,11H2,1-5H3,(H,18,19). The lowest BCUT2D eigenvalue weighted by atomic mass is 10.0. The summed E-state index contributed by atoms with van der Waals surface area (Å²) < 4.78 is 5.25. The largest absolute Gasteiger partial charge is 0.378 e. The minimum Gasteiger partial charge on any atom is -0.378 e. The molecule has 0 saturated carbocycles. The number of benzene rings is 1. The first kappa shape index (κ1) is 16.7. The lowest BCUT2D eigenvalue weighted by Gasteiger charge is -2.22. The minimum atomic E-state index is -0.441. The lowest BCUT2D eigenvalue weighted by molar-refractivity contribution is -0.121. The number of methoxy groups -OCH3 is 1. The summed E-state index contributed by atoms with van der Waals surface area (Å²) >= 11 is 0. The smallest absolute Gasteiger partial charge is 0.227 e. The Morgan fingerprint density at radius 3 is 2.40 bits per heavy atom. The highest BCUT2D eigenvalue weighted by atomic mass is 16.5. The van der Waals surface area contributed by atoms with Crippen molar-refractivity contribution in [1.82, 2.24) is 5.32 Å². The van der Waals surface area contributed by atoms with Gasteiger partial charge in [-0.15, -0.1) is 0 Å². The van der Waals surface area contributed by atoms with Crippen LogP contribution in [-0.4, -0.2) is 25.2 Å². The number of carbonyl (C=O) groups excluding carboxylic acids is 1. The fourth-order valence-corrected chi connectivity index (χ4v) is 1.94. The highest BCUT2D eigenvalue weighted by Gasteiger charge is 2.21. The van der Waals surface area contributed by atoms with Crippen molar-refractivity contribution >= 4 is 11.6 Å². The van der Waals surface area contributed by atoms with Crippen molar-refractivity contribution in [1.29, 1.82) is 0 Å². The van der Waals surface area contributed by atoms with Crippen LogP contribution < -0.4 is 10.6 Å². The number of nitrogens with one attached hydrogen (secondary N) is 2. The Labute approximate surface area is 121 Å². The maximum Gasteiger partial charge on any atom is 0.227 e. The van der Waals surface area contributed by atoms with Gasteiger partial charge in [0.1, 0.15) is 0 Å². The van der Waals surface area contributed by atoms with E-state index in [1.807, 2.05) is 38.1 Å². The zero-order valence-electron chi connectivity index (χ0n) is 13.1. The molecular weight excluding hydrogens is 252 g/mol. The highest BCUT2D eigenvalue weighted by Crippen LogP contribution is 2.18. The van der Waals surface area contributed by atoms with E-state index in [0.717, 1.165) is 12.2 Å². The van der Waals surface area contributed by atoms with Crippen molar-refractivity contribution in [2.75, 3.05) is 19.0 Å². The highest BCUT2D eigenvalue weighted by molar-refractivity contribution is 5.91. The molecule has 1 aromatic carbocycles. The number of carbonyl (C=O) groups is 1. The molecule has 20 heavy (non-hydrogen) atoms. The Kier molecular flexibility index (Phi) is 6.17. The van der Waals surface area contributed by atoms with Crippen molar-refractivity contribution < 1.29 is 9.53 Å². The van der Waals surface area contributed by atoms with Crippen LogP contribution in [0.4, 0.5) is 5.69 Å². The third-order valence-electron chi connectivity index (χ3n) is 3.34. The molecule has 0 aliphatic rings. The van der Waals surface area contributed by atoms with Crippen LogP contribution >= 0.6 is 0 Å². The molecule has 0 saturated heterocycles. The molecule has 0 heterocycles. The van der Waals surface area contributed by atoms with Gasteiger partial charge in [0.15, 0.2) is 0 Å². The summed E-state index contributed by atoms with van der Waals surface area (Å²) in [7, 11) is 1.62. The molecule has 1 aromatic rings. The van der Waals surface area contributed by atoms with E-state index in [9.17, 15) is 4.79 Å². The Bertz CT molecular complexity index is 427. The average molecular weight is 278 g/mol. The third-order valence-corrected chi connectivity index (χ3v) is 3.34. The van der Waals surface area contributed by atoms with Gasteiger partial charge in [0.25, 0.3) is 0 Å². The molecule has 0 spiro atoms. The van der Waals surface area contributed by atoms with E-state index in [2.05, 4.69) is 24.5 Å². The van der Waals surface area contributed by atoms with Crippen LogP contribution in [0.1, 0.15) is 45.7 Å². The van der Waals surface area contributed by atoms with Gasteiger partial charge in [0, 0.05) is 18.8 Å². The van der Waals surface area contributed by atoms with Gasteiger partial charge in [0.05, 0.1) is 12.0 Å². The van der Waals surface area contributed by atoms with Gasteiger partial charge in [-0.1, -0.05) is 19.1 Å². The molecule has 0 radical (unpaired) electrons. The van der Waals surface area contributed by atoms with Gasteiger partial charge < -0.3 is 15.4 Å². The van der Waals surface area contributed by atoms with Gasteiger partial charge in [0.2, 0.25) is 5.91 Å². The first-order valence-electron chi connectivity index (χ1n) is 7.06. The molecule has 4 heteroatoms. The maximum atomic E-state index is 11.9. The molecule has 1 unspecified atom stereocenters. The van der Waals surface area contributed by atoms with Crippen LogP contribution in [0.25, 0.3) is 0 Å². The molecule has 0 aromatic heterocycles. The van der Waals surface area contributed by atoms with Crippen molar-refractivity contribution in [2.45, 2.75) is 45.8 Å². The van der Waals surface area contributed by atoms with Gasteiger partial charge in [-0.3, -0.25) is 4.79 Å². The van der Waals surface area contributed by atoms with E-state index < -0.39 is 5.60 Å². The van der Waals surface area contributed by atoms with E-state index in [-0.39, 0.29) is 5.91 Å². The van der Waals surface area contributed by atoms with Crippen LogP contribution in [0.2, 0.25) is 0 Å². The molecule has 1 rings (SSSR count). The molecule has 0 bridgehead atoms. The summed E-state index contributed by atoms with van der Waals surface area (Å²) in [6, 6.07) is 8.24. The monoisotopic (exact) mass is 278 g/mol. The maximum absolute atomic E-state index is 11.9. The van der Waals surface area contributed by atoms with Crippen LogP contribution in [0, 0.1) is 0 Å². The predicted octanol–water partition coefficient (Wildman–Crippen LogP) is 3.11. The van der Waals surface area contributed by atoms with E-state index in [0.29, 0.717) is 12.5 Å².